The molecule has 3 rings (SSSR count). The third kappa shape index (κ3) is 1.01. The van der Waals surface area contributed by atoms with Gasteiger partial charge in [0.25, 0.3) is 0 Å². The molecule has 0 saturated heterocycles. The molecule has 0 aliphatic heterocycles. The van der Waals surface area contributed by atoms with Gasteiger partial charge in [0.05, 0.1) is 11.4 Å². The second-order valence-electron chi connectivity index (χ2n) is 3.85. The maximum absolute atomic E-state index is 4.37. The fourth-order valence-electron chi connectivity index (χ4n) is 2.44. The van der Waals surface area contributed by atoms with E-state index < -0.39 is 0 Å². The first-order valence-corrected chi connectivity index (χ1v) is 5.33. The summed E-state index contributed by atoms with van der Waals surface area (Å²) in [6.45, 7) is 0. The SMILES string of the molecule is C/N=C1/C(=N/C)c2cccc3cccc1c23. The van der Waals surface area contributed by atoms with Crippen molar-refractivity contribution in [1.82, 2.24) is 0 Å². The lowest BCUT2D eigenvalue weighted by atomic mass is 10.1. The van der Waals surface area contributed by atoms with Gasteiger partial charge in [-0.25, -0.2) is 0 Å². The van der Waals surface area contributed by atoms with Gasteiger partial charge in [-0.3, -0.25) is 9.98 Å². The molecular weight excluding hydrogens is 196 g/mol. The van der Waals surface area contributed by atoms with E-state index in [1.54, 1.807) is 0 Å². The molecule has 1 aliphatic rings. The van der Waals surface area contributed by atoms with Crippen molar-refractivity contribution in [2.45, 2.75) is 0 Å². The van der Waals surface area contributed by atoms with Crippen LogP contribution in [-0.2, 0) is 0 Å². The minimum atomic E-state index is 1.01. The highest BCUT2D eigenvalue weighted by atomic mass is 14.8. The summed E-state index contributed by atoms with van der Waals surface area (Å²) in [6.07, 6.45) is 0. The first-order valence-electron chi connectivity index (χ1n) is 5.33. The van der Waals surface area contributed by atoms with Gasteiger partial charge in [0, 0.05) is 30.6 Å². The molecule has 0 spiro atoms. The molecule has 0 N–H and O–H groups in total. The van der Waals surface area contributed by atoms with Gasteiger partial charge in [-0.05, 0) is 5.39 Å². The zero-order valence-electron chi connectivity index (χ0n) is 9.36. The molecule has 0 heterocycles. The Morgan fingerprint density at radius 2 is 1.25 bits per heavy atom. The van der Waals surface area contributed by atoms with E-state index in [1.165, 1.54) is 21.9 Å². The highest BCUT2D eigenvalue weighted by Crippen LogP contribution is 2.31. The fraction of sp³-hybridized carbons (Fsp3) is 0.143. The summed E-state index contributed by atoms with van der Waals surface area (Å²) in [6, 6.07) is 12.7. The molecule has 0 unspecified atom stereocenters. The summed E-state index contributed by atoms with van der Waals surface area (Å²) in [5, 5.41) is 2.54. The summed E-state index contributed by atoms with van der Waals surface area (Å²) in [5.41, 5.74) is 4.43. The van der Waals surface area contributed by atoms with E-state index in [1.807, 2.05) is 14.1 Å². The highest BCUT2D eigenvalue weighted by molar-refractivity contribution is 6.60. The normalized spacial score (nSPS) is 18.9. The molecule has 16 heavy (non-hydrogen) atoms. The molecule has 0 atom stereocenters. The number of hydrogen-bond acceptors (Lipinski definition) is 2. The molecule has 1 aliphatic carbocycles. The summed E-state index contributed by atoms with van der Waals surface area (Å²) in [4.78, 5) is 8.73. The molecule has 0 fully saturated rings. The molecule has 0 saturated carbocycles. The maximum atomic E-state index is 4.37. The average molecular weight is 208 g/mol. The van der Waals surface area contributed by atoms with Crippen molar-refractivity contribution in [3.8, 4) is 0 Å². The molecule has 0 amide bonds. The van der Waals surface area contributed by atoms with E-state index in [0.29, 0.717) is 0 Å². The Balaban J connectivity index is 2.53. The number of rotatable bonds is 0. The second kappa shape index (κ2) is 3.27. The van der Waals surface area contributed by atoms with Gasteiger partial charge in [-0.1, -0.05) is 36.4 Å². The van der Waals surface area contributed by atoms with Gasteiger partial charge >= 0.3 is 0 Å². The van der Waals surface area contributed by atoms with E-state index in [-0.39, 0.29) is 0 Å². The van der Waals surface area contributed by atoms with Crippen molar-refractivity contribution in [2.24, 2.45) is 9.98 Å². The quantitative estimate of drug-likeness (QED) is 0.636. The van der Waals surface area contributed by atoms with Crippen LogP contribution in [0.4, 0.5) is 0 Å². The topological polar surface area (TPSA) is 24.7 Å². The van der Waals surface area contributed by atoms with Crippen LogP contribution in [0.15, 0.2) is 46.4 Å². The first-order chi connectivity index (χ1) is 7.86. The van der Waals surface area contributed by atoms with E-state index in [9.17, 15) is 0 Å². The third-order valence-corrected chi connectivity index (χ3v) is 3.09. The molecule has 2 heteroatoms. The molecule has 2 aromatic carbocycles. The van der Waals surface area contributed by atoms with Gasteiger partial charge in [-0.2, -0.15) is 0 Å². The smallest absolute Gasteiger partial charge is 0.0907 e. The van der Waals surface area contributed by atoms with Crippen LogP contribution < -0.4 is 0 Å². The molecular formula is C14H12N2. The van der Waals surface area contributed by atoms with E-state index in [4.69, 9.17) is 0 Å². The predicted octanol–water partition coefficient (Wildman–Crippen LogP) is 2.69. The minimum absolute atomic E-state index is 1.01. The van der Waals surface area contributed by atoms with Crippen molar-refractivity contribution < 1.29 is 0 Å². The van der Waals surface area contributed by atoms with Crippen molar-refractivity contribution in [1.29, 1.82) is 0 Å². The van der Waals surface area contributed by atoms with E-state index in [2.05, 4.69) is 46.4 Å². The van der Waals surface area contributed by atoms with Crippen LogP contribution in [0.1, 0.15) is 11.1 Å². The first kappa shape index (κ1) is 9.28. The maximum Gasteiger partial charge on any atom is 0.0907 e. The van der Waals surface area contributed by atoms with Crippen LogP contribution in [0.2, 0.25) is 0 Å². The zero-order valence-corrected chi connectivity index (χ0v) is 9.36. The molecule has 0 bridgehead atoms. The lowest BCUT2D eigenvalue weighted by molar-refractivity contribution is 1.42. The average Bonchev–Trinajstić information content (AvgIpc) is 2.65. The Morgan fingerprint density at radius 1 is 0.750 bits per heavy atom. The summed E-state index contributed by atoms with van der Waals surface area (Å²) in [5.74, 6) is 0. The van der Waals surface area contributed by atoms with Gasteiger partial charge in [0.2, 0.25) is 0 Å². The summed E-state index contributed by atoms with van der Waals surface area (Å²) >= 11 is 0. The molecule has 2 nitrogen and oxygen atoms in total. The largest absolute Gasteiger partial charge is 0.286 e. The molecule has 78 valence electrons. The van der Waals surface area contributed by atoms with Crippen molar-refractivity contribution in [2.75, 3.05) is 14.1 Å². The Hall–Kier alpha value is -1.96. The van der Waals surface area contributed by atoms with Gasteiger partial charge in [0.1, 0.15) is 0 Å². The number of nitrogens with zero attached hydrogens (tertiary/aromatic N) is 2. The minimum Gasteiger partial charge on any atom is -0.286 e. The van der Waals surface area contributed by atoms with Crippen LogP contribution in [0, 0.1) is 0 Å². The Kier molecular flexibility index (Phi) is 1.90. The van der Waals surface area contributed by atoms with Gasteiger partial charge in [-0.15, -0.1) is 0 Å². The standard InChI is InChI=1S/C14H12N2/c1-15-13-10-7-3-5-9-6-4-8-11(12(9)10)14(13)16-2/h3-8H,1-2H3/b15-13+,16-14+. The van der Waals surface area contributed by atoms with Crippen LogP contribution in [0.25, 0.3) is 10.8 Å². The van der Waals surface area contributed by atoms with Crippen LogP contribution in [-0.4, -0.2) is 25.5 Å². The van der Waals surface area contributed by atoms with Gasteiger partial charge < -0.3 is 0 Å². The highest BCUT2D eigenvalue weighted by Gasteiger charge is 2.25. The van der Waals surface area contributed by atoms with E-state index in [0.717, 1.165) is 11.4 Å². The third-order valence-electron chi connectivity index (χ3n) is 3.09. The lowest BCUT2D eigenvalue weighted by Gasteiger charge is -1.98. The zero-order chi connectivity index (χ0) is 11.1. The van der Waals surface area contributed by atoms with Crippen LogP contribution in [0.5, 0.6) is 0 Å². The van der Waals surface area contributed by atoms with Crippen LogP contribution in [0.3, 0.4) is 0 Å². The van der Waals surface area contributed by atoms with Gasteiger partial charge in [0.15, 0.2) is 0 Å². The monoisotopic (exact) mass is 208 g/mol. The van der Waals surface area contributed by atoms with Crippen LogP contribution >= 0.6 is 0 Å². The summed E-state index contributed by atoms with van der Waals surface area (Å²) < 4.78 is 0. The molecule has 2 aromatic rings. The van der Waals surface area contributed by atoms with Crippen molar-refractivity contribution in [3.63, 3.8) is 0 Å². The van der Waals surface area contributed by atoms with E-state index >= 15 is 0 Å². The number of aliphatic imine (C=N–C) groups is 2. The fourth-order valence-corrected chi connectivity index (χ4v) is 2.44. The van der Waals surface area contributed by atoms with Crippen molar-refractivity contribution in [3.05, 3.63) is 47.5 Å². The second-order valence-corrected chi connectivity index (χ2v) is 3.85. The number of hydrogen-bond donors (Lipinski definition) is 0. The molecule has 0 radical (unpaired) electrons. The van der Waals surface area contributed by atoms with Crippen molar-refractivity contribution >= 4 is 22.2 Å². The Morgan fingerprint density at radius 3 is 1.69 bits per heavy atom. The summed E-state index contributed by atoms with van der Waals surface area (Å²) in [7, 11) is 3.65. The Labute approximate surface area is 94.4 Å². The predicted molar refractivity (Wildman–Crippen MR) is 68.9 cm³/mol. The number of benzene rings is 2. The lowest BCUT2D eigenvalue weighted by Crippen LogP contribution is -2.09. The molecule has 0 aromatic heterocycles. The Bertz CT molecular complexity index is 583.